The van der Waals surface area contributed by atoms with Crippen LogP contribution >= 0.6 is 0 Å². The molecule has 0 heterocycles. The highest BCUT2D eigenvalue weighted by atomic mass is 19.4. The molecule has 13 nitrogen and oxygen atoms in total. The average molecular weight is 735 g/mol. The number of aliphatic imine (C=N–C) groups is 1. The molecule has 4 aromatic rings. The van der Waals surface area contributed by atoms with Gasteiger partial charge in [0, 0.05) is 18.5 Å². The maximum absolute atomic E-state index is 14.1. The highest BCUT2D eigenvalue weighted by molar-refractivity contribution is 5.95. The number of nitrogen functional groups attached to an aromatic ring is 1. The molecule has 0 saturated carbocycles. The minimum atomic E-state index is -5.08. The second kappa shape index (κ2) is 19.2. The number of guanidine groups is 1. The Labute approximate surface area is 303 Å². The van der Waals surface area contributed by atoms with Crippen LogP contribution in [0.2, 0.25) is 0 Å². The summed E-state index contributed by atoms with van der Waals surface area (Å²) >= 11 is 0. The van der Waals surface area contributed by atoms with E-state index in [1.54, 1.807) is 12.1 Å². The molecular formula is C37H41F3N8O5. The lowest BCUT2D eigenvalue weighted by molar-refractivity contribution is -0.192. The summed E-state index contributed by atoms with van der Waals surface area (Å²) in [7, 11) is 0. The van der Waals surface area contributed by atoms with Gasteiger partial charge in [0.05, 0.1) is 5.92 Å². The number of nitrogens with zero attached hydrogens (tertiary/aromatic N) is 1. The zero-order valence-corrected chi connectivity index (χ0v) is 28.5. The first-order valence-corrected chi connectivity index (χ1v) is 16.3. The van der Waals surface area contributed by atoms with Gasteiger partial charge in [0.2, 0.25) is 17.7 Å². The summed E-state index contributed by atoms with van der Waals surface area (Å²) in [6.07, 6.45) is -3.94. The molecule has 0 saturated heterocycles. The highest BCUT2D eigenvalue weighted by Gasteiger charge is 2.38. The Hall–Kier alpha value is -6.45. The molecule has 0 aliphatic rings. The van der Waals surface area contributed by atoms with E-state index in [9.17, 15) is 27.6 Å². The SMILES string of the molecule is N=C(N)c1ccc(C[C@@H](C(=O)N[C@@H](Cc2ccc3ccccc3c2)C(=O)N[C@@H](CCCN=C(N)N)C(N)=O)c2ccccc2)cc1.O=C(O)C(F)(F)F. The molecule has 0 aromatic heterocycles. The number of halogens is 3. The van der Waals surface area contributed by atoms with Gasteiger partial charge in [-0.05, 0) is 46.7 Å². The Bertz CT molecular complexity index is 1920. The fourth-order valence-electron chi connectivity index (χ4n) is 5.25. The molecule has 3 amide bonds. The molecule has 280 valence electrons. The van der Waals surface area contributed by atoms with Gasteiger partial charge in [-0.1, -0.05) is 97.1 Å². The summed E-state index contributed by atoms with van der Waals surface area (Å²) in [6.45, 7) is 0.269. The van der Waals surface area contributed by atoms with E-state index in [1.807, 2.05) is 84.9 Å². The van der Waals surface area contributed by atoms with Crippen molar-refractivity contribution in [2.45, 2.75) is 49.9 Å². The Balaban J connectivity index is 0.000000980. The predicted octanol–water partition coefficient (Wildman–Crippen LogP) is 2.83. The third-order valence-corrected chi connectivity index (χ3v) is 7.96. The van der Waals surface area contributed by atoms with Gasteiger partial charge in [-0.25, -0.2) is 4.79 Å². The number of nitrogens with one attached hydrogen (secondary N) is 3. The molecule has 0 spiro atoms. The predicted molar refractivity (Wildman–Crippen MR) is 195 cm³/mol. The molecular weight excluding hydrogens is 693 g/mol. The Morgan fingerprint density at radius 2 is 1.30 bits per heavy atom. The van der Waals surface area contributed by atoms with Crippen LogP contribution in [0.25, 0.3) is 10.8 Å². The van der Waals surface area contributed by atoms with Crippen LogP contribution in [0.3, 0.4) is 0 Å². The summed E-state index contributed by atoms with van der Waals surface area (Å²) in [5.74, 6) is -5.10. The molecule has 12 N–H and O–H groups in total. The Morgan fingerprint density at radius 1 is 0.736 bits per heavy atom. The number of aliphatic carboxylic acids is 1. The van der Waals surface area contributed by atoms with Gasteiger partial charge in [0.25, 0.3) is 0 Å². The number of primary amides is 1. The van der Waals surface area contributed by atoms with E-state index in [2.05, 4.69) is 15.6 Å². The summed E-state index contributed by atoms with van der Waals surface area (Å²) < 4.78 is 31.7. The number of fused-ring (bicyclic) bond motifs is 1. The third-order valence-electron chi connectivity index (χ3n) is 7.96. The molecule has 0 unspecified atom stereocenters. The second-order valence-electron chi connectivity index (χ2n) is 11.9. The molecule has 3 atom stereocenters. The topological polar surface area (TPSA) is 253 Å². The minimum Gasteiger partial charge on any atom is -0.475 e. The summed E-state index contributed by atoms with van der Waals surface area (Å²) in [6, 6.07) is 28.2. The number of benzene rings is 4. The Kier molecular flexibility index (Phi) is 14.9. The molecule has 0 fully saturated rings. The van der Waals surface area contributed by atoms with Gasteiger partial charge in [-0.15, -0.1) is 0 Å². The van der Waals surface area contributed by atoms with Crippen molar-refractivity contribution < 1.29 is 37.5 Å². The molecule has 0 aliphatic heterocycles. The molecule has 4 aromatic carbocycles. The number of nitrogens with two attached hydrogens (primary N) is 4. The molecule has 0 bridgehead atoms. The van der Waals surface area contributed by atoms with E-state index in [0.29, 0.717) is 18.4 Å². The standard InChI is InChI=1S/C35H40N8O3.C2HF3O2/c36-31(37)26-16-12-22(13-17-26)20-28(25-8-2-1-3-9-25)33(45)43-30(21-23-14-15-24-7-4-5-10-27(24)19-23)34(46)42-29(32(38)44)11-6-18-41-35(39)40;3-2(4,5)1(6)7/h1-5,7-10,12-17,19,28-30H,6,11,18,20-21H2,(H3,36,37)(H2,38,44)(H,42,46)(H,43,45)(H4,39,40,41);(H,6,7)/t28-,29+,30+;/m1./s1. The van der Waals surface area contributed by atoms with E-state index in [-0.39, 0.29) is 37.1 Å². The number of hydrogen-bond donors (Lipinski definition) is 8. The fraction of sp³-hybridized carbons (Fsp3) is 0.243. The number of alkyl halides is 3. The van der Waals surface area contributed by atoms with Crippen LogP contribution < -0.4 is 33.6 Å². The second-order valence-corrected chi connectivity index (χ2v) is 11.9. The lowest BCUT2D eigenvalue weighted by atomic mass is 9.90. The van der Waals surface area contributed by atoms with Gasteiger partial charge in [0.1, 0.15) is 17.9 Å². The van der Waals surface area contributed by atoms with Crippen molar-refractivity contribution in [2.75, 3.05) is 6.54 Å². The number of amidine groups is 1. The van der Waals surface area contributed by atoms with Crippen molar-refractivity contribution in [3.63, 3.8) is 0 Å². The smallest absolute Gasteiger partial charge is 0.475 e. The van der Waals surface area contributed by atoms with E-state index >= 15 is 0 Å². The van der Waals surface area contributed by atoms with E-state index in [4.69, 9.17) is 38.2 Å². The Morgan fingerprint density at radius 3 is 1.87 bits per heavy atom. The van der Waals surface area contributed by atoms with E-state index in [1.165, 1.54) is 0 Å². The van der Waals surface area contributed by atoms with Crippen LogP contribution in [-0.2, 0) is 32.0 Å². The number of hydrogen-bond acceptors (Lipinski definition) is 6. The monoisotopic (exact) mass is 734 g/mol. The van der Waals surface area contributed by atoms with Crippen molar-refractivity contribution in [3.8, 4) is 0 Å². The number of carboxylic acid groups (broad SMARTS) is 1. The number of carbonyl (C=O) groups excluding carboxylic acids is 3. The van der Waals surface area contributed by atoms with E-state index in [0.717, 1.165) is 27.5 Å². The molecule has 4 rings (SSSR count). The first-order valence-electron chi connectivity index (χ1n) is 16.3. The van der Waals surface area contributed by atoms with Crippen LogP contribution in [0.15, 0.2) is 102 Å². The van der Waals surface area contributed by atoms with Crippen LogP contribution in [0.1, 0.15) is 41.0 Å². The maximum Gasteiger partial charge on any atom is 0.490 e. The van der Waals surface area contributed by atoms with Crippen molar-refractivity contribution in [3.05, 3.63) is 119 Å². The number of amides is 3. The van der Waals surface area contributed by atoms with Gasteiger partial charge in [-0.3, -0.25) is 24.8 Å². The third kappa shape index (κ3) is 13.3. The van der Waals surface area contributed by atoms with Crippen molar-refractivity contribution in [2.24, 2.45) is 27.9 Å². The van der Waals surface area contributed by atoms with Gasteiger partial charge >= 0.3 is 12.1 Å². The zero-order chi connectivity index (χ0) is 39.1. The van der Waals surface area contributed by atoms with Gasteiger partial charge in [0.15, 0.2) is 5.96 Å². The first kappa shape index (κ1) is 41.0. The lowest BCUT2D eigenvalue weighted by Crippen LogP contribution is -2.54. The molecule has 16 heteroatoms. The highest BCUT2D eigenvalue weighted by Crippen LogP contribution is 2.23. The van der Waals surface area contributed by atoms with E-state index < -0.39 is 42.0 Å². The summed E-state index contributed by atoms with van der Waals surface area (Å²) in [4.78, 5) is 53.0. The van der Waals surface area contributed by atoms with Crippen LogP contribution in [0.5, 0.6) is 0 Å². The van der Waals surface area contributed by atoms with Gasteiger partial charge < -0.3 is 38.7 Å². The quantitative estimate of drug-likeness (QED) is 0.0511. The lowest BCUT2D eigenvalue weighted by Gasteiger charge is -2.25. The van der Waals surface area contributed by atoms with Crippen LogP contribution in [-0.4, -0.2) is 65.4 Å². The normalized spacial score (nSPS) is 12.6. The van der Waals surface area contributed by atoms with Crippen LogP contribution in [0.4, 0.5) is 13.2 Å². The van der Waals surface area contributed by atoms with Gasteiger partial charge in [-0.2, -0.15) is 13.2 Å². The largest absolute Gasteiger partial charge is 0.490 e. The molecule has 0 aliphatic carbocycles. The zero-order valence-electron chi connectivity index (χ0n) is 28.5. The summed E-state index contributed by atoms with van der Waals surface area (Å²) in [5.41, 5.74) is 25.1. The maximum atomic E-state index is 14.1. The fourth-order valence-corrected chi connectivity index (χ4v) is 5.25. The van der Waals surface area contributed by atoms with Crippen molar-refractivity contribution in [1.82, 2.24) is 10.6 Å². The van der Waals surface area contributed by atoms with Crippen molar-refractivity contribution >= 4 is 46.3 Å². The summed E-state index contributed by atoms with van der Waals surface area (Å²) in [5, 5.41) is 22.6. The molecule has 53 heavy (non-hydrogen) atoms. The average Bonchev–Trinajstić information content (AvgIpc) is 3.11. The first-order chi connectivity index (χ1) is 25.0. The molecule has 0 radical (unpaired) electrons. The van der Waals surface area contributed by atoms with Crippen LogP contribution in [0, 0.1) is 5.41 Å². The van der Waals surface area contributed by atoms with Crippen molar-refractivity contribution in [1.29, 1.82) is 5.41 Å². The number of rotatable bonds is 15. The number of carboxylic acids is 1. The number of carbonyl (C=O) groups is 4. The minimum absolute atomic E-state index is 0.0445.